The number of thioether (sulfide) groups is 1. The van der Waals surface area contributed by atoms with Crippen LogP contribution < -0.4 is 5.32 Å². The normalized spacial score (nSPS) is 25.9. The Bertz CT molecular complexity index is 273. The van der Waals surface area contributed by atoms with Crippen molar-refractivity contribution in [2.75, 3.05) is 5.75 Å². The molecular weight excluding hydrogens is 206 g/mol. The summed E-state index contributed by atoms with van der Waals surface area (Å²) in [4.78, 5) is 0. The van der Waals surface area contributed by atoms with Gasteiger partial charge in [-0.25, -0.2) is 0 Å². The molecule has 2 atom stereocenters. The van der Waals surface area contributed by atoms with Gasteiger partial charge < -0.3 is 9.73 Å². The number of rotatable bonds is 5. The summed E-state index contributed by atoms with van der Waals surface area (Å²) in [6, 6.07) is 4.66. The van der Waals surface area contributed by atoms with E-state index in [0.29, 0.717) is 6.04 Å². The third-order valence-electron chi connectivity index (χ3n) is 2.95. The highest BCUT2D eigenvalue weighted by molar-refractivity contribution is 7.99. The molecule has 1 aliphatic carbocycles. The second-order valence-electron chi connectivity index (χ2n) is 3.99. The Hall–Kier alpha value is -0.410. The van der Waals surface area contributed by atoms with Crippen LogP contribution in [0.5, 0.6) is 0 Å². The van der Waals surface area contributed by atoms with Crippen LogP contribution in [0.2, 0.25) is 0 Å². The molecule has 1 saturated carbocycles. The lowest BCUT2D eigenvalue weighted by atomic mass is 10.2. The van der Waals surface area contributed by atoms with Gasteiger partial charge in [-0.15, -0.1) is 0 Å². The van der Waals surface area contributed by atoms with Gasteiger partial charge in [0.15, 0.2) is 0 Å². The molecule has 0 saturated heterocycles. The van der Waals surface area contributed by atoms with E-state index < -0.39 is 0 Å². The molecule has 84 valence electrons. The monoisotopic (exact) mass is 225 g/mol. The molecule has 0 bridgehead atoms. The van der Waals surface area contributed by atoms with Gasteiger partial charge in [-0.05, 0) is 30.7 Å². The average Bonchev–Trinajstić information content (AvgIpc) is 2.85. The minimum Gasteiger partial charge on any atom is -0.468 e. The first kappa shape index (κ1) is 11.1. The van der Waals surface area contributed by atoms with Gasteiger partial charge in [0.25, 0.3) is 0 Å². The van der Waals surface area contributed by atoms with Crippen LogP contribution in [0.15, 0.2) is 22.8 Å². The van der Waals surface area contributed by atoms with E-state index in [1.54, 1.807) is 6.26 Å². The molecule has 1 aromatic heterocycles. The van der Waals surface area contributed by atoms with Gasteiger partial charge in [-0.3, -0.25) is 0 Å². The summed E-state index contributed by atoms with van der Waals surface area (Å²) in [6.45, 7) is 3.12. The fourth-order valence-corrected chi connectivity index (χ4v) is 3.44. The van der Waals surface area contributed by atoms with Crippen LogP contribution >= 0.6 is 11.8 Å². The highest BCUT2D eigenvalue weighted by Gasteiger charge is 2.26. The molecule has 1 N–H and O–H groups in total. The van der Waals surface area contributed by atoms with Crippen LogP contribution in [-0.4, -0.2) is 17.0 Å². The first-order valence-corrected chi connectivity index (χ1v) is 6.82. The number of furan rings is 1. The summed E-state index contributed by atoms with van der Waals surface area (Å²) < 4.78 is 5.32. The maximum absolute atomic E-state index is 5.32. The summed E-state index contributed by atoms with van der Waals surface area (Å²) in [5.41, 5.74) is 0. The molecule has 2 nitrogen and oxygen atoms in total. The average molecular weight is 225 g/mol. The summed E-state index contributed by atoms with van der Waals surface area (Å²) in [5.74, 6) is 2.27. The summed E-state index contributed by atoms with van der Waals surface area (Å²) in [5, 5.41) is 4.41. The zero-order chi connectivity index (χ0) is 10.5. The summed E-state index contributed by atoms with van der Waals surface area (Å²) in [7, 11) is 0. The molecule has 0 radical (unpaired) electrons. The molecule has 0 amide bonds. The SMILES string of the molecule is CCSC1CCCC1NCc1ccco1. The molecular formula is C12H19NOS. The van der Waals surface area contributed by atoms with Crippen LogP contribution in [-0.2, 0) is 6.54 Å². The van der Waals surface area contributed by atoms with Gasteiger partial charge in [0, 0.05) is 11.3 Å². The van der Waals surface area contributed by atoms with Crippen molar-refractivity contribution in [1.82, 2.24) is 5.32 Å². The van der Waals surface area contributed by atoms with E-state index >= 15 is 0 Å². The minimum atomic E-state index is 0.681. The van der Waals surface area contributed by atoms with E-state index in [-0.39, 0.29) is 0 Å². The van der Waals surface area contributed by atoms with Crippen LogP contribution in [0.4, 0.5) is 0 Å². The van der Waals surface area contributed by atoms with Crippen molar-refractivity contribution in [3.05, 3.63) is 24.2 Å². The second kappa shape index (κ2) is 5.61. The van der Waals surface area contributed by atoms with Gasteiger partial charge in [-0.2, -0.15) is 11.8 Å². The fraction of sp³-hybridized carbons (Fsp3) is 0.667. The van der Waals surface area contributed by atoms with E-state index in [2.05, 4.69) is 24.0 Å². The predicted molar refractivity (Wildman–Crippen MR) is 65.1 cm³/mol. The van der Waals surface area contributed by atoms with Gasteiger partial charge in [0.1, 0.15) is 5.76 Å². The molecule has 0 aliphatic heterocycles. The molecule has 15 heavy (non-hydrogen) atoms. The van der Waals surface area contributed by atoms with Crippen LogP contribution in [0.3, 0.4) is 0 Å². The van der Waals surface area contributed by atoms with Crippen LogP contribution in [0.1, 0.15) is 31.9 Å². The van der Waals surface area contributed by atoms with Crippen molar-refractivity contribution < 1.29 is 4.42 Å². The Morgan fingerprint density at radius 3 is 3.20 bits per heavy atom. The first-order chi connectivity index (χ1) is 7.40. The van der Waals surface area contributed by atoms with Gasteiger partial charge in [0.2, 0.25) is 0 Å². The Morgan fingerprint density at radius 1 is 1.53 bits per heavy atom. The Balaban J connectivity index is 1.78. The van der Waals surface area contributed by atoms with Crippen LogP contribution in [0.25, 0.3) is 0 Å². The third-order valence-corrected chi connectivity index (χ3v) is 4.28. The van der Waals surface area contributed by atoms with Crippen molar-refractivity contribution in [2.45, 2.75) is 44.0 Å². The van der Waals surface area contributed by atoms with Crippen LogP contribution in [0, 0.1) is 0 Å². The Morgan fingerprint density at radius 2 is 2.47 bits per heavy atom. The predicted octanol–water partition coefficient (Wildman–Crippen LogP) is 3.04. The van der Waals surface area contributed by atoms with Crippen molar-refractivity contribution >= 4 is 11.8 Å². The van der Waals surface area contributed by atoms with Crippen molar-refractivity contribution in [2.24, 2.45) is 0 Å². The molecule has 0 spiro atoms. The fourth-order valence-electron chi connectivity index (χ4n) is 2.22. The molecule has 1 aromatic rings. The zero-order valence-corrected chi connectivity index (χ0v) is 10.1. The molecule has 0 aromatic carbocycles. The van der Waals surface area contributed by atoms with Gasteiger partial charge in [-0.1, -0.05) is 13.3 Å². The Labute approximate surface area is 95.8 Å². The van der Waals surface area contributed by atoms with Crippen molar-refractivity contribution in [1.29, 1.82) is 0 Å². The Kier molecular flexibility index (Phi) is 4.15. The lowest BCUT2D eigenvalue weighted by Crippen LogP contribution is -2.33. The number of hydrogen-bond donors (Lipinski definition) is 1. The van der Waals surface area contributed by atoms with Gasteiger partial charge in [0.05, 0.1) is 12.8 Å². The summed E-state index contributed by atoms with van der Waals surface area (Å²) in [6.07, 6.45) is 5.80. The number of nitrogens with one attached hydrogen (secondary N) is 1. The lowest BCUT2D eigenvalue weighted by molar-refractivity contribution is 0.449. The van der Waals surface area contributed by atoms with E-state index in [0.717, 1.165) is 17.6 Å². The molecule has 1 heterocycles. The third kappa shape index (κ3) is 3.02. The maximum Gasteiger partial charge on any atom is 0.117 e. The smallest absolute Gasteiger partial charge is 0.117 e. The largest absolute Gasteiger partial charge is 0.468 e. The zero-order valence-electron chi connectivity index (χ0n) is 9.24. The maximum atomic E-state index is 5.32. The molecule has 2 rings (SSSR count). The van der Waals surface area contributed by atoms with E-state index in [1.807, 2.05) is 12.1 Å². The second-order valence-corrected chi connectivity index (χ2v) is 5.51. The van der Waals surface area contributed by atoms with Gasteiger partial charge >= 0.3 is 0 Å². The number of hydrogen-bond acceptors (Lipinski definition) is 3. The highest BCUT2D eigenvalue weighted by Crippen LogP contribution is 2.29. The van der Waals surface area contributed by atoms with E-state index in [1.165, 1.54) is 25.0 Å². The van der Waals surface area contributed by atoms with Crippen molar-refractivity contribution in [3.63, 3.8) is 0 Å². The topological polar surface area (TPSA) is 25.2 Å². The lowest BCUT2D eigenvalue weighted by Gasteiger charge is -2.19. The standard InChI is InChI=1S/C12H19NOS/c1-2-15-12-7-3-6-11(12)13-9-10-5-4-8-14-10/h4-5,8,11-13H,2-3,6-7,9H2,1H3. The first-order valence-electron chi connectivity index (χ1n) is 5.77. The van der Waals surface area contributed by atoms with E-state index in [4.69, 9.17) is 4.42 Å². The van der Waals surface area contributed by atoms with Crippen molar-refractivity contribution in [3.8, 4) is 0 Å². The minimum absolute atomic E-state index is 0.681. The summed E-state index contributed by atoms with van der Waals surface area (Å²) >= 11 is 2.09. The van der Waals surface area contributed by atoms with E-state index in [9.17, 15) is 0 Å². The molecule has 3 heteroatoms. The molecule has 1 fully saturated rings. The molecule has 2 unspecified atom stereocenters. The quantitative estimate of drug-likeness (QED) is 0.834. The molecule has 1 aliphatic rings. The highest BCUT2D eigenvalue weighted by atomic mass is 32.2.